The Morgan fingerprint density at radius 2 is 0.677 bits per heavy atom. The molecule has 0 unspecified atom stereocenters. The Morgan fingerprint density at radius 3 is 0.677 bits per heavy atom. The molecule has 3 fully saturated rings. The summed E-state index contributed by atoms with van der Waals surface area (Å²) in [6.45, 7) is 32.8. The third kappa shape index (κ3) is 10.9. The van der Waals surface area contributed by atoms with Crippen LogP contribution >= 0.6 is 0 Å². The number of carboxylic acid groups (broad SMARTS) is 3. The van der Waals surface area contributed by atoms with E-state index in [0.29, 0.717) is 38.5 Å². The molecular formula is C18H15MoN3O9. The van der Waals surface area contributed by atoms with Gasteiger partial charge in [0.15, 0.2) is 0 Å². The van der Waals surface area contributed by atoms with Crippen molar-refractivity contribution in [3.8, 4) is 0 Å². The summed E-state index contributed by atoms with van der Waals surface area (Å²) in [7, 11) is 0. The molecule has 0 saturated heterocycles. The number of carboxylic acids is 3. The molecule has 3 aliphatic rings. The van der Waals surface area contributed by atoms with Crippen molar-refractivity contribution < 1.29 is 64.7 Å². The number of rotatable bonds is 3. The minimum atomic E-state index is -1.00. The molecule has 3 saturated carbocycles. The van der Waals surface area contributed by atoms with Crippen molar-refractivity contribution in [2.45, 2.75) is 55.1 Å². The second-order valence-corrected chi connectivity index (χ2v) is 5.85. The second-order valence-electron chi connectivity index (χ2n) is 5.85. The van der Waals surface area contributed by atoms with E-state index in [0.717, 1.165) is 0 Å². The SMILES string of the molecule is [C-]#[N+]C1(C(=O)O)CC1.[C-]#[N+]C1(C(=O)O)CC1.[C-]#[N+]C1(C(=O)O)CC1.[C-]#[O+].[C-]#[O+].[C-]#[O+].[Mo]. The Balaban J connectivity index is -0.000000155. The molecule has 0 amide bonds. The predicted octanol–water partition coefficient (Wildman–Crippen LogP) is 1.45. The van der Waals surface area contributed by atoms with Crippen LogP contribution in [-0.4, -0.2) is 49.8 Å². The van der Waals surface area contributed by atoms with Crippen molar-refractivity contribution in [3.63, 3.8) is 0 Å². The molecule has 3 rings (SSSR count). The number of nitrogens with zero attached hydrogens (tertiary/aromatic N) is 3. The Labute approximate surface area is 192 Å². The van der Waals surface area contributed by atoms with Crippen LogP contribution in [0.5, 0.6) is 0 Å². The summed E-state index contributed by atoms with van der Waals surface area (Å²) in [4.78, 5) is 39.2. The van der Waals surface area contributed by atoms with Crippen LogP contribution < -0.4 is 0 Å². The van der Waals surface area contributed by atoms with E-state index in [-0.39, 0.29) is 21.1 Å². The number of aliphatic carboxylic acids is 3. The van der Waals surface area contributed by atoms with E-state index in [9.17, 15) is 14.4 Å². The Kier molecular flexibility index (Phi) is 18.8. The van der Waals surface area contributed by atoms with Gasteiger partial charge < -0.3 is 15.3 Å². The third-order valence-corrected chi connectivity index (χ3v) is 4.01. The van der Waals surface area contributed by atoms with Gasteiger partial charge in [-0.25, -0.2) is 34.1 Å². The van der Waals surface area contributed by atoms with Crippen molar-refractivity contribution in [1.29, 1.82) is 0 Å². The maximum absolute atomic E-state index is 10.1. The van der Waals surface area contributed by atoms with Crippen LogP contribution in [0.2, 0.25) is 0 Å². The molecule has 0 heterocycles. The molecule has 12 nitrogen and oxygen atoms in total. The summed E-state index contributed by atoms with van der Waals surface area (Å²) in [5, 5.41) is 24.9. The van der Waals surface area contributed by atoms with Gasteiger partial charge >= 0.3 is 68.4 Å². The Hall–Kier alpha value is -3.21. The molecule has 3 N–H and O–H groups in total. The third-order valence-electron chi connectivity index (χ3n) is 4.01. The average molecular weight is 513 g/mol. The summed E-state index contributed by atoms with van der Waals surface area (Å²) in [5.41, 5.74) is -3.00. The molecule has 0 aliphatic heterocycles. The Bertz CT molecular complexity index is 706. The maximum Gasteiger partial charge on any atom is 0 e. The summed E-state index contributed by atoms with van der Waals surface area (Å²) in [5.74, 6) is -2.90. The number of carbonyl (C=O) groups is 3. The summed E-state index contributed by atoms with van der Waals surface area (Å²) >= 11 is 0. The molecule has 0 radical (unpaired) electrons. The van der Waals surface area contributed by atoms with E-state index in [1.165, 1.54) is 0 Å². The maximum atomic E-state index is 10.1. The molecule has 0 aromatic rings. The molecular weight excluding hydrogens is 498 g/mol. The van der Waals surface area contributed by atoms with Gasteiger partial charge in [0.25, 0.3) is 0 Å². The van der Waals surface area contributed by atoms with E-state index in [4.69, 9.17) is 49.0 Å². The van der Waals surface area contributed by atoms with Gasteiger partial charge in [0.05, 0.1) is 0 Å². The fraction of sp³-hybridized carbons (Fsp3) is 0.500. The van der Waals surface area contributed by atoms with Crippen LogP contribution in [-0.2, 0) is 49.4 Å². The van der Waals surface area contributed by atoms with Crippen LogP contribution in [0.1, 0.15) is 38.5 Å². The zero-order valence-corrected chi connectivity index (χ0v) is 17.8. The summed E-state index contributed by atoms with van der Waals surface area (Å²) in [6.07, 6.45) is 3.20. The van der Waals surface area contributed by atoms with Gasteiger partial charge in [0.2, 0.25) is 0 Å². The normalized spacial score (nSPS) is 16.7. The van der Waals surface area contributed by atoms with Crippen molar-refractivity contribution in [3.05, 3.63) is 54.2 Å². The van der Waals surface area contributed by atoms with Crippen molar-refractivity contribution in [2.24, 2.45) is 0 Å². The first-order valence-corrected chi connectivity index (χ1v) is 7.61. The van der Waals surface area contributed by atoms with Crippen LogP contribution in [0.3, 0.4) is 0 Å². The molecule has 0 aromatic heterocycles. The van der Waals surface area contributed by atoms with Crippen LogP contribution in [0.4, 0.5) is 0 Å². The van der Waals surface area contributed by atoms with Gasteiger partial charge in [-0.1, -0.05) is 0 Å². The van der Waals surface area contributed by atoms with Gasteiger partial charge in [0, 0.05) is 59.6 Å². The standard InChI is InChI=1S/3C5H5NO2.3CO.Mo/c3*1-6-5(2-3-5)4(7)8;3*1-2;/h3*2-3H2,(H,7,8);;;;. The average Bonchev–Trinajstić information content (AvgIpc) is 3.64. The topological polar surface area (TPSA) is 185 Å². The molecule has 31 heavy (non-hydrogen) atoms. The molecule has 162 valence electrons. The molecule has 0 spiro atoms. The van der Waals surface area contributed by atoms with Crippen LogP contribution in [0.25, 0.3) is 14.5 Å². The van der Waals surface area contributed by atoms with E-state index >= 15 is 0 Å². The molecule has 13 heteroatoms. The minimum Gasteiger partial charge on any atom is 0 e. The van der Waals surface area contributed by atoms with E-state index in [1.54, 1.807) is 0 Å². The molecule has 3 aliphatic carbocycles. The van der Waals surface area contributed by atoms with E-state index in [2.05, 4.69) is 34.5 Å². The Morgan fingerprint density at radius 1 is 0.548 bits per heavy atom. The van der Waals surface area contributed by atoms with Crippen LogP contribution in [0.15, 0.2) is 0 Å². The molecule has 0 bridgehead atoms. The first-order valence-electron chi connectivity index (χ1n) is 7.61. The number of hydrogen-bond donors (Lipinski definition) is 3. The second kappa shape index (κ2) is 16.6. The fourth-order valence-electron chi connectivity index (χ4n) is 1.48. The van der Waals surface area contributed by atoms with Crippen LogP contribution in [0, 0.1) is 39.7 Å². The predicted molar refractivity (Wildman–Crippen MR) is 90.4 cm³/mol. The fourth-order valence-corrected chi connectivity index (χ4v) is 1.48. The summed E-state index contributed by atoms with van der Waals surface area (Å²) in [6, 6.07) is 0. The quantitative estimate of drug-likeness (QED) is 0.291. The first kappa shape index (κ1) is 35.2. The van der Waals surface area contributed by atoms with Crippen molar-refractivity contribution >= 4 is 17.9 Å². The molecule has 0 aromatic carbocycles. The molecule has 0 atom stereocenters. The smallest absolute Gasteiger partial charge is 0 e. The zero-order valence-electron chi connectivity index (χ0n) is 15.8. The minimum absolute atomic E-state index is 0. The zero-order chi connectivity index (χ0) is 24.6. The van der Waals surface area contributed by atoms with E-state index in [1.807, 2.05) is 0 Å². The van der Waals surface area contributed by atoms with Gasteiger partial charge in [0.1, 0.15) is 0 Å². The van der Waals surface area contributed by atoms with Gasteiger partial charge in [-0.05, 0) is 0 Å². The van der Waals surface area contributed by atoms with Gasteiger partial charge in [-0.15, -0.1) is 0 Å². The van der Waals surface area contributed by atoms with Gasteiger partial charge in [-0.3, -0.25) is 14.5 Å². The van der Waals surface area contributed by atoms with Gasteiger partial charge in [-0.2, -0.15) is 0 Å². The largest absolute Gasteiger partial charge is 0 e. The number of hydrogen-bond acceptors (Lipinski definition) is 3. The monoisotopic (exact) mass is 515 g/mol. The first-order chi connectivity index (χ1) is 14.1. The summed E-state index contributed by atoms with van der Waals surface area (Å²) < 4.78 is 22.5. The van der Waals surface area contributed by atoms with E-state index < -0.39 is 34.5 Å². The van der Waals surface area contributed by atoms with Crippen molar-refractivity contribution in [1.82, 2.24) is 0 Å². The van der Waals surface area contributed by atoms with Crippen molar-refractivity contribution in [2.75, 3.05) is 0 Å².